The number of fused-ring (bicyclic) bond motifs is 1. The normalized spacial score (nSPS) is 18.9. The van der Waals surface area contributed by atoms with E-state index in [-0.39, 0.29) is 6.10 Å². The molecule has 0 amide bonds. The van der Waals surface area contributed by atoms with Crippen LogP contribution in [0.4, 0.5) is 5.82 Å². The third-order valence-corrected chi connectivity index (χ3v) is 3.99. The Morgan fingerprint density at radius 3 is 3.05 bits per heavy atom. The first-order valence-electron chi connectivity index (χ1n) is 7.63. The zero-order valence-electron chi connectivity index (χ0n) is 13.4. The fourth-order valence-corrected chi connectivity index (χ4v) is 2.97. The van der Waals surface area contributed by atoms with Gasteiger partial charge in [0.1, 0.15) is 12.1 Å². The summed E-state index contributed by atoms with van der Waals surface area (Å²) in [5, 5.41) is 1.04. The predicted molar refractivity (Wildman–Crippen MR) is 85.3 cm³/mol. The molecule has 0 radical (unpaired) electrons. The van der Waals surface area contributed by atoms with Crippen LogP contribution in [-0.2, 0) is 9.47 Å². The van der Waals surface area contributed by atoms with Gasteiger partial charge < -0.3 is 14.4 Å². The first kappa shape index (κ1) is 15.1. The maximum atomic E-state index is 5.81. The number of hydrogen-bond donors (Lipinski definition) is 0. The predicted octanol–water partition coefficient (Wildman–Crippen LogP) is 1.88. The van der Waals surface area contributed by atoms with E-state index in [1.165, 1.54) is 0 Å². The molecular formula is C16H22N4O2. The first-order chi connectivity index (χ1) is 10.7. The van der Waals surface area contributed by atoms with Crippen LogP contribution in [-0.4, -0.2) is 54.5 Å². The number of pyridine rings is 1. The molecule has 1 fully saturated rings. The lowest BCUT2D eigenvalue weighted by Crippen LogP contribution is -2.43. The molecule has 2 aromatic rings. The van der Waals surface area contributed by atoms with Crippen molar-refractivity contribution in [2.45, 2.75) is 26.4 Å². The summed E-state index contributed by atoms with van der Waals surface area (Å²) >= 11 is 0. The van der Waals surface area contributed by atoms with Crippen molar-refractivity contribution in [2.75, 3.05) is 38.3 Å². The molecule has 1 aliphatic heterocycles. The summed E-state index contributed by atoms with van der Waals surface area (Å²) in [6.07, 6.45) is 2.67. The van der Waals surface area contributed by atoms with Gasteiger partial charge in [0.2, 0.25) is 0 Å². The Balaban J connectivity index is 1.92. The molecule has 1 aliphatic rings. The van der Waals surface area contributed by atoms with Crippen LogP contribution in [0.5, 0.6) is 0 Å². The molecule has 6 heteroatoms. The SMILES string of the molecule is COCC[C@H]1CN(c2ncnc3nc(C)cc(C)c23)CCO1. The highest BCUT2D eigenvalue weighted by Gasteiger charge is 2.23. The van der Waals surface area contributed by atoms with Gasteiger partial charge in [-0.25, -0.2) is 15.0 Å². The van der Waals surface area contributed by atoms with Crippen molar-refractivity contribution in [1.82, 2.24) is 15.0 Å². The van der Waals surface area contributed by atoms with Gasteiger partial charge >= 0.3 is 0 Å². The molecule has 1 saturated heterocycles. The Hall–Kier alpha value is -1.79. The van der Waals surface area contributed by atoms with Gasteiger partial charge in [-0.1, -0.05) is 0 Å². The van der Waals surface area contributed by atoms with E-state index in [0.717, 1.165) is 47.6 Å². The number of aromatic nitrogens is 3. The molecule has 6 nitrogen and oxygen atoms in total. The minimum atomic E-state index is 0.178. The molecule has 2 aromatic heterocycles. The van der Waals surface area contributed by atoms with Crippen LogP contribution in [0, 0.1) is 13.8 Å². The van der Waals surface area contributed by atoms with Crippen molar-refractivity contribution in [3.63, 3.8) is 0 Å². The van der Waals surface area contributed by atoms with E-state index in [2.05, 4.69) is 32.8 Å². The van der Waals surface area contributed by atoms with Crippen LogP contribution in [0.25, 0.3) is 11.0 Å². The van der Waals surface area contributed by atoms with E-state index in [9.17, 15) is 0 Å². The van der Waals surface area contributed by atoms with Crippen molar-refractivity contribution in [3.05, 3.63) is 23.7 Å². The fraction of sp³-hybridized carbons (Fsp3) is 0.562. The highest BCUT2D eigenvalue weighted by Crippen LogP contribution is 2.27. The largest absolute Gasteiger partial charge is 0.385 e. The molecule has 118 valence electrons. The smallest absolute Gasteiger partial charge is 0.165 e. The topological polar surface area (TPSA) is 60.4 Å². The summed E-state index contributed by atoms with van der Waals surface area (Å²) in [5.74, 6) is 0.959. The minimum absolute atomic E-state index is 0.178. The highest BCUT2D eigenvalue weighted by atomic mass is 16.5. The number of aryl methyl sites for hydroxylation is 2. The average molecular weight is 302 g/mol. The van der Waals surface area contributed by atoms with Gasteiger partial charge in [0.05, 0.1) is 18.1 Å². The lowest BCUT2D eigenvalue weighted by atomic mass is 10.1. The molecule has 0 aliphatic carbocycles. The maximum Gasteiger partial charge on any atom is 0.165 e. The quantitative estimate of drug-likeness (QED) is 0.859. The van der Waals surface area contributed by atoms with Gasteiger partial charge in [-0.05, 0) is 31.9 Å². The number of morpholine rings is 1. The van der Waals surface area contributed by atoms with E-state index in [1.54, 1.807) is 13.4 Å². The van der Waals surface area contributed by atoms with Gasteiger partial charge in [-0.3, -0.25) is 0 Å². The third-order valence-electron chi connectivity index (χ3n) is 3.99. The van der Waals surface area contributed by atoms with Gasteiger partial charge in [-0.15, -0.1) is 0 Å². The molecule has 0 spiro atoms. The number of nitrogens with zero attached hydrogens (tertiary/aromatic N) is 4. The zero-order chi connectivity index (χ0) is 15.5. The van der Waals surface area contributed by atoms with Crippen LogP contribution in [0.15, 0.2) is 12.4 Å². The molecule has 0 bridgehead atoms. The highest BCUT2D eigenvalue weighted by molar-refractivity contribution is 5.90. The van der Waals surface area contributed by atoms with E-state index < -0.39 is 0 Å². The number of anilines is 1. The lowest BCUT2D eigenvalue weighted by Gasteiger charge is -2.34. The molecule has 0 aromatic carbocycles. The number of ether oxygens (including phenoxy) is 2. The number of rotatable bonds is 4. The molecule has 3 heterocycles. The summed E-state index contributed by atoms with van der Waals surface area (Å²) in [6, 6.07) is 2.08. The first-order valence-corrected chi connectivity index (χ1v) is 7.63. The van der Waals surface area contributed by atoms with Gasteiger partial charge in [0.25, 0.3) is 0 Å². The van der Waals surface area contributed by atoms with E-state index in [1.807, 2.05) is 6.92 Å². The average Bonchev–Trinajstić information content (AvgIpc) is 2.52. The molecule has 0 saturated carbocycles. The second-order valence-electron chi connectivity index (χ2n) is 5.70. The second-order valence-corrected chi connectivity index (χ2v) is 5.70. The van der Waals surface area contributed by atoms with Crippen LogP contribution >= 0.6 is 0 Å². The summed E-state index contributed by atoms with van der Waals surface area (Å²) in [4.78, 5) is 15.7. The third kappa shape index (κ3) is 3.03. The Labute approximate surface area is 130 Å². The fourth-order valence-electron chi connectivity index (χ4n) is 2.97. The van der Waals surface area contributed by atoms with Crippen molar-refractivity contribution < 1.29 is 9.47 Å². The monoisotopic (exact) mass is 302 g/mol. The van der Waals surface area contributed by atoms with Gasteiger partial charge in [-0.2, -0.15) is 0 Å². The van der Waals surface area contributed by atoms with E-state index >= 15 is 0 Å². The van der Waals surface area contributed by atoms with Crippen LogP contribution in [0.1, 0.15) is 17.7 Å². The minimum Gasteiger partial charge on any atom is -0.385 e. The zero-order valence-corrected chi connectivity index (χ0v) is 13.4. The van der Waals surface area contributed by atoms with Crippen molar-refractivity contribution in [3.8, 4) is 0 Å². The number of hydrogen-bond acceptors (Lipinski definition) is 6. The Bertz CT molecular complexity index is 662. The molecule has 0 N–H and O–H groups in total. The van der Waals surface area contributed by atoms with Crippen LogP contribution in [0.2, 0.25) is 0 Å². The Morgan fingerprint density at radius 1 is 1.36 bits per heavy atom. The number of methoxy groups -OCH3 is 1. The second kappa shape index (κ2) is 6.54. The van der Waals surface area contributed by atoms with E-state index in [4.69, 9.17) is 9.47 Å². The van der Waals surface area contributed by atoms with Crippen molar-refractivity contribution in [1.29, 1.82) is 0 Å². The van der Waals surface area contributed by atoms with E-state index in [0.29, 0.717) is 13.2 Å². The van der Waals surface area contributed by atoms with Crippen molar-refractivity contribution in [2.24, 2.45) is 0 Å². The van der Waals surface area contributed by atoms with Gasteiger partial charge in [0, 0.05) is 32.5 Å². The summed E-state index contributed by atoms with van der Waals surface area (Å²) < 4.78 is 11.0. The Kier molecular flexibility index (Phi) is 4.49. The summed E-state index contributed by atoms with van der Waals surface area (Å²) in [7, 11) is 1.72. The van der Waals surface area contributed by atoms with Crippen LogP contribution in [0.3, 0.4) is 0 Å². The molecular weight excluding hydrogens is 280 g/mol. The maximum absolute atomic E-state index is 5.81. The standard InChI is InChI=1S/C16H22N4O2/c1-11-8-12(2)19-15-14(11)16(18-10-17-15)20-5-7-22-13(9-20)4-6-21-3/h8,10,13H,4-7,9H2,1-3H3/t13-/m0/s1. The van der Waals surface area contributed by atoms with Gasteiger partial charge in [0.15, 0.2) is 5.65 Å². The lowest BCUT2D eigenvalue weighted by molar-refractivity contribution is 0.0190. The van der Waals surface area contributed by atoms with Crippen LogP contribution < -0.4 is 4.90 Å². The summed E-state index contributed by atoms with van der Waals surface area (Å²) in [6.45, 7) is 7.16. The van der Waals surface area contributed by atoms with Crippen molar-refractivity contribution >= 4 is 16.9 Å². The summed E-state index contributed by atoms with van der Waals surface area (Å²) in [5.41, 5.74) is 2.91. The molecule has 22 heavy (non-hydrogen) atoms. The molecule has 1 atom stereocenters. The Morgan fingerprint density at radius 2 is 2.23 bits per heavy atom. The molecule has 3 rings (SSSR count). The molecule has 0 unspecified atom stereocenters.